The molecule has 0 aliphatic heterocycles. The van der Waals surface area contributed by atoms with Gasteiger partial charge >= 0.3 is 0 Å². The van der Waals surface area contributed by atoms with Crippen molar-refractivity contribution in [1.82, 2.24) is 14.8 Å². The van der Waals surface area contributed by atoms with Crippen molar-refractivity contribution < 1.29 is 0 Å². The average Bonchev–Trinajstić information content (AvgIpc) is 2.82. The van der Waals surface area contributed by atoms with E-state index in [1.807, 2.05) is 23.0 Å². The van der Waals surface area contributed by atoms with Crippen LogP contribution in [-0.2, 0) is 19.4 Å². The van der Waals surface area contributed by atoms with E-state index in [9.17, 15) is 0 Å². The minimum absolute atomic E-state index is 0.521. The molecule has 0 amide bonds. The summed E-state index contributed by atoms with van der Waals surface area (Å²) in [5.74, 6) is 0.860. The molecule has 2 aromatic rings. The average molecular weight is 230 g/mol. The Balaban J connectivity index is 2.40. The molecular weight excluding hydrogens is 212 g/mol. The maximum Gasteiger partial charge on any atom is 0.153 e. The highest BCUT2D eigenvalue weighted by atomic mass is 15.3. The molecule has 0 bridgehead atoms. The zero-order chi connectivity index (χ0) is 12.3. The van der Waals surface area contributed by atoms with Crippen molar-refractivity contribution in [1.29, 1.82) is 0 Å². The number of nitrogens with zero attached hydrogens (tertiary/aromatic N) is 3. The molecule has 2 aromatic heterocycles. The van der Waals surface area contributed by atoms with Gasteiger partial charge in [-0.05, 0) is 30.5 Å². The fraction of sp³-hybridized carbons (Fsp3) is 0.385. The maximum absolute atomic E-state index is 5.56. The fourth-order valence-electron chi connectivity index (χ4n) is 1.76. The van der Waals surface area contributed by atoms with Gasteiger partial charge in [0.15, 0.2) is 5.82 Å². The van der Waals surface area contributed by atoms with Gasteiger partial charge in [-0.25, -0.2) is 9.67 Å². The van der Waals surface area contributed by atoms with Gasteiger partial charge in [-0.3, -0.25) is 0 Å². The van der Waals surface area contributed by atoms with Crippen molar-refractivity contribution in [3.8, 4) is 5.82 Å². The molecule has 0 spiro atoms. The van der Waals surface area contributed by atoms with E-state index in [0.29, 0.717) is 6.54 Å². The summed E-state index contributed by atoms with van der Waals surface area (Å²) >= 11 is 0. The molecule has 2 heterocycles. The van der Waals surface area contributed by atoms with Gasteiger partial charge in [0, 0.05) is 18.4 Å². The second-order valence-corrected chi connectivity index (χ2v) is 3.97. The molecule has 0 atom stereocenters. The summed E-state index contributed by atoms with van der Waals surface area (Å²) in [6.07, 6.45) is 3.70. The molecule has 2 rings (SSSR count). The summed E-state index contributed by atoms with van der Waals surface area (Å²) in [6, 6.07) is 6.10. The molecule has 0 aromatic carbocycles. The number of rotatable bonds is 4. The Morgan fingerprint density at radius 2 is 2.06 bits per heavy atom. The van der Waals surface area contributed by atoms with Crippen LogP contribution < -0.4 is 5.73 Å². The summed E-state index contributed by atoms with van der Waals surface area (Å²) < 4.78 is 1.92. The van der Waals surface area contributed by atoms with Crippen LogP contribution in [0.3, 0.4) is 0 Å². The van der Waals surface area contributed by atoms with Crippen molar-refractivity contribution in [2.24, 2.45) is 5.73 Å². The Bertz CT molecular complexity index is 485. The van der Waals surface area contributed by atoms with E-state index in [1.165, 1.54) is 5.69 Å². The van der Waals surface area contributed by atoms with E-state index in [2.05, 4.69) is 30.0 Å². The zero-order valence-electron chi connectivity index (χ0n) is 10.3. The Labute approximate surface area is 101 Å². The number of hydrogen-bond acceptors (Lipinski definition) is 3. The van der Waals surface area contributed by atoms with Crippen LogP contribution in [0.5, 0.6) is 0 Å². The van der Waals surface area contributed by atoms with Gasteiger partial charge in [-0.1, -0.05) is 19.9 Å². The molecule has 17 heavy (non-hydrogen) atoms. The molecule has 0 saturated heterocycles. The van der Waals surface area contributed by atoms with E-state index in [-0.39, 0.29) is 0 Å². The van der Waals surface area contributed by atoms with Crippen LogP contribution in [0.25, 0.3) is 5.82 Å². The lowest BCUT2D eigenvalue weighted by atomic mass is 10.2. The maximum atomic E-state index is 5.56. The summed E-state index contributed by atoms with van der Waals surface area (Å²) in [5.41, 5.74) is 8.89. The van der Waals surface area contributed by atoms with Crippen molar-refractivity contribution in [3.63, 3.8) is 0 Å². The smallest absolute Gasteiger partial charge is 0.153 e. The molecule has 90 valence electrons. The Hall–Kier alpha value is -1.68. The minimum atomic E-state index is 0.521. The molecule has 0 unspecified atom stereocenters. The van der Waals surface area contributed by atoms with E-state index >= 15 is 0 Å². The summed E-state index contributed by atoms with van der Waals surface area (Å²) in [4.78, 5) is 4.40. The van der Waals surface area contributed by atoms with Crippen molar-refractivity contribution in [2.75, 3.05) is 0 Å². The summed E-state index contributed by atoms with van der Waals surface area (Å²) in [7, 11) is 0. The number of hydrogen-bond donors (Lipinski definition) is 1. The van der Waals surface area contributed by atoms with Gasteiger partial charge in [0.25, 0.3) is 0 Å². The first-order valence-corrected chi connectivity index (χ1v) is 6.01. The summed E-state index contributed by atoms with van der Waals surface area (Å²) in [6.45, 7) is 4.76. The van der Waals surface area contributed by atoms with E-state index in [1.54, 1.807) is 0 Å². The van der Waals surface area contributed by atoms with Gasteiger partial charge in [0.05, 0.1) is 5.69 Å². The highest BCUT2D eigenvalue weighted by Crippen LogP contribution is 2.12. The first-order chi connectivity index (χ1) is 8.28. The number of pyridine rings is 1. The largest absolute Gasteiger partial charge is 0.326 e. The van der Waals surface area contributed by atoms with Crippen LogP contribution in [0.15, 0.2) is 24.4 Å². The third-order valence-electron chi connectivity index (χ3n) is 2.82. The Morgan fingerprint density at radius 1 is 1.24 bits per heavy atom. The molecule has 0 aliphatic rings. The predicted octanol–water partition coefficient (Wildman–Crippen LogP) is 1.85. The molecule has 4 heteroatoms. The Morgan fingerprint density at radius 3 is 2.59 bits per heavy atom. The quantitative estimate of drug-likeness (QED) is 0.872. The molecule has 0 fully saturated rings. The van der Waals surface area contributed by atoms with Gasteiger partial charge in [-0.15, -0.1) is 0 Å². The molecule has 0 radical (unpaired) electrons. The third-order valence-corrected chi connectivity index (χ3v) is 2.82. The van der Waals surface area contributed by atoms with Crippen LogP contribution in [0.1, 0.15) is 30.8 Å². The van der Waals surface area contributed by atoms with Gasteiger partial charge in [0.2, 0.25) is 0 Å². The second-order valence-electron chi connectivity index (χ2n) is 3.97. The van der Waals surface area contributed by atoms with Crippen LogP contribution in [0, 0.1) is 0 Å². The van der Waals surface area contributed by atoms with Crippen LogP contribution >= 0.6 is 0 Å². The van der Waals surface area contributed by atoms with Gasteiger partial charge in [0.1, 0.15) is 0 Å². The number of aryl methyl sites for hydroxylation is 2. The number of aromatic nitrogens is 3. The van der Waals surface area contributed by atoms with E-state index in [4.69, 9.17) is 5.73 Å². The van der Waals surface area contributed by atoms with E-state index in [0.717, 1.165) is 29.9 Å². The van der Waals surface area contributed by atoms with E-state index < -0.39 is 0 Å². The van der Waals surface area contributed by atoms with Gasteiger partial charge < -0.3 is 5.73 Å². The highest BCUT2D eigenvalue weighted by molar-refractivity contribution is 5.28. The van der Waals surface area contributed by atoms with Crippen LogP contribution in [0.2, 0.25) is 0 Å². The lowest BCUT2D eigenvalue weighted by molar-refractivity contribution is 0.770. The highest BCUT2D eigenvalue weighted by Gasteiger charge is 2.07. The normalized spacial score (nSPS) is 10.8. The molecule has 0 aliphatic carbocycles. The van der Waals surface area contributed by atoms with Gasteiger partial charge in [-0.2, -0.15) is 5.10 Å². The van der Waals surface area contributed by atoms with Crippen LogP contribution in [0.4, 0.5) is 0 Å². The molecular formula is C13H18N4. The first-order valence-electron chi connectivity index (χ1n) is 6.01. The Kier molecular flexibility index (Phi) is 3.54. The fourth-order valence-corrected chi connectivity index (χ4v) is 1.76. The zero-order valence-corrected chi connectivity index (χ0v) is 10.3. The lowest BCUT2D eigenvalue weighted by Crippen LogP contribution is -2.05. The monoisotopic (exact) mass is 230 g/mol. The number of nitrogens with two attached hydrogens (primary N) is 1. The summed E-state index contributed by atoms with van der Waals surface area (Å²) in [5, 5.41) is 4.55. The van der Waals surface area contributed by atoms with Crippen molar-refractivity contribution >= 4 is 0 Å². The standard InChI is InChI=1S/C13H18N4/c1-3-11-7-12(4-2)17(16-11)13-6-5-10(8-14)9-15-13/h5-7,9H,3-4,8,14H2,1-2H3. The van der Waals surface area contributed by atoms with Crippen LogP contribution in [-0.4, -0.2) is 14.8 Å². The van der Waals surface area contributed by atoms with Crippen molar-refractivity contribution in [2.45, 2.75) is 33.2 Å². The molecule has 0 saturated carbocycles. The second kappa shape index (κ2) is 5.10. The molecule has 4 nitrogen and oxygen atoms in total. The topological polar surface area (TPSA) is 56.7 Å². The minimum Gasteiger partial charge on any atom is -0.326 e. The molecule has 2 N–H and O–H groups in total. The van der Waals surface area contributed by atoms with Crippen molar-refractivity contribution in [3.05, 3.63) is 41.3 Å². The first kappa shape index (κ1) is 11.8. The SMILES string of the molecule is CCc1cc(CC)n(-c2ccc(CN)cn2)n1. The third kappa shape index (κ3) is 2.36. The lowest BCUT2D eigenvalue weighted by Gasteiger charge is -2.05. The predicted molar refractivity (Wildman–Crippen MR) is 68.0 cm³/mol.